The fourth-order valence-electron chi connectivity index (χ4n) is 4.70. The van der Waals surface area contributed by atoms with Gasteiger partial charge in [0.2, 0.25) is 0 Å². The molecule has 2 fully saturated rings. The molecule has 0 amide bonds. The van der Waals surface area contributed by atoms with Crippen molar-refractivity contribution in [1.29, 1.82) is 0 Å². The van der Waals surface area contributed by atoms with Crippen LogP contribution in [0.15, 0.2) is 0 Å². The summed E-state index contributed by atoms with van der Waals surface area (Å²) in [5.74, 6) is 1.91. The maximum Gasteiger partial charge on any atom is 0.0895 e. The third-order valence-corrected chi connectivity index (χ3v) is 5.78. The summed E-state index contributed by atoms with van der Waals surface area (Å²) in [7, 11) is 2.55. The van der Waals surface area contributed by atoms with Gasteiger partial charge >= 0.3 is 0 Å². The molecule has 2 bridgehead atoms. The minimum absolute atomic E-state index is 0.810. The normalized spacial score (nSPS) is 42.2. The maximum absolute atomic E-state index is 2.55. The lowest BCUT2D eigenvalue weighted by Crippen LogP contribution is -2.67. The zero-order chi connectivity index (χ0) is 12.6. The van der Waals surface area contributed by atoms with Crippen molar-refractivity contribution in [3.63, 3.8) is 0 Å². The van der Waals surface area contributed by atoms with E-state index < -0.39 is 0 Å². The Morgan fingerprint density at radius 1 is 1.00 bits per heavy atom. The van der Waals surface area contributed by atoms with Crippen LogP contribution >= 0.6 is 0 Å². The van der Waals surface area contributed by atoms with E-state index in [1.165, 1.54) is 43.0 Å². The molecule has 0 radical (unpaired) electrons. The van der Waals surface area contributed by atoms with Crippen LogP contribution in [0, 0.1) is 11.8 Å². The summed E-state index contributed by atoms with van der Waals surface area (Å²) in [6, 6.07) is 2.74. The van der Waals surface area contributed by atoms with E-state index in [1.54, 1.807) is 0 Å². The van der Waals surface area contributed by atoms with Crippen molar-refractivity contribution in [2.24, 2.45) is 11.8 Å². The summed E-state index contributed by atoms with van der Waals surface area (Å²) in [5, 5.41) is 0. The standard InChI is InChI=1S/C16H32N/c1-12(2)9-14-10-15-7-6-8-16(11-14)17(15,5)13(3)4/h12-16H,6-11H2,1-5H3/q+1/t14?,15-,16+,17?. The molecule has 2 aliphatic heterocycles. The van der Waals surface area contributed by atoms with Crippen LogP contribution in [0.25, 0.3) is 0 Å². The van der Waals surface area contributed by atoms with E-state index in [1.807, 2.05) is 0 Å². The Morgan fingerprint density at radius 2 is 1.53 bits per heavy atom. The van der Waals surface area contributed by atoms with Crippen LogP contribution in [-0.2, 0) is 0 Å². The SMILES string of the molecule is CC(C)CC1C[C@H]2CCC[C@@H](C1)[N+]2(C)C(C)C. The molecular weight excluding hydrogens is 206 g/mol. The van der Waals surface area contributed by atoms with Crippen molar-refractivity contribution in [1.82, 2.24) is 0 Å². The second-order valence-corrected chi connectivity index (χ2v) is 7.52. The van der Waals surface area contributed by atoms with Gasteiger partial charge in [-0.3, -0.25) is 0 Å². The zero-order valence-electron chi connectivity index (χ0n) is 12.6. The van der Waals surface area contributed by atoms with E-state index in [2.05, 4.69) is 34.7 Å². The second-order valence-electron chi connectivity index (χ2n) is 7.52. The molecule has 0 aliphatic carbocycles. The molecule has 100 valence electrons. The lowest BCUT2D eigenvalue weighted by Gasteiger charge is -2.58. The molecule has 1 heteroatoms. The van der Waals surface area contributed by atoms with Gasteiger partial charge < -0.3 is 4.48 Å². The summed E-state index contributed by atoms with van der Waals surface area (Å²) >= 11 is 0. The van der Waals surface area contributed by atoms with Crippen LogP contribution < -0.4 is 0 Å². The highest BCUT2D eigenvalue weighted by Crippen LogP contribution is 2.44. The molecule has 2 saturated heterocycles. The van der Waals surface area contributed by atoms with Gasteiger partial charge in [0.25, 0.3) is 0 Å². The van der Waals surface area contributed by atoms with E-state index in [0.29, 0.717) is 0 Å². The Bertz CT molecular complexity index is 242. The third-order valence-electron chi connectivity index (χ3n) is 5.78. The topological polar surface area (TPSA) is 0 Å². The molecule has 2 unspecified atom stereocenters. The highest BCUT2D eigenvalue weighted by atomic mass is 15.4. The van der Waals surface area contributed by atoms with Crippen LogP contribution in [0.4, 0.5) is 0 Å². The van der Waals surface area contributed by atoms with Gasteiger partial charge in [-0.15, -0.1) is 0 Å². The van der Waals surface area contributed by atoms with Gasteiger partial charge in [0.1, 0.15) is 0 Å². The molecule has 4 atom stereocenters. The molecule has 2 heterocycles. The summed E-state index contributed by atoms with van der Waals surface area (Å²) < 4.78 is 1.38. The number of quaternary nitrogens is 1. The van der Waals surface area contributed by atoms with Crippen molar-refractivity contribution >= 4 is 0 Å². The van der Waals surface area contributed by atoms with Crippen molar-refractivity contribution in [3.8, 4) is 0 Å². The Labute approximate surface area is 108 Å². The summed E-state index contributed by atoms with van der Waals surface area (Å²) in [4.78, 5) is 0. The van der Waals surface area contributed by atoms with Crippen molar-refractivity contribution in [2.75, 3.05) is 7.05 Å². The average molecular weight is 238 g/mol. The number of piperidine rings is 2. The average Bonchev–Trinajstić information content (AvgIpc) is 2.18. The first-order valence-corrected chi connectivity index (χ1v) is 7.80. The zero-order valence-corrected chi connectivity index (χ0v) is 12.6. The Kier molecular flexibility index (Phi) is 3.87. The van der Waals surface area contributed by atoms with Crippen LogP contribution in [0.5, 0.6) is 0 Å². The summed E-state index contributed by atoms with van der Waals surface area (Å²) in [6.45, 7) is 9.66. The van der Waals surface area contributed by atoms with Gasteiger partial charge in [0.05, 0.1) is 25.2 Å². The maximum atomic E-state index is 2.55. The van der Waals surface area contributed by atoms with Gasteiger partial charge in [-0.25, -0.2) is 0 Å². The number of hydrogen-bond acceptors (Lipinski definition) is 0. The van der Waals surface area contributed by atoms with Crippen LogP contribution in [0.3, 0.4) is 0 Å². The quantitative estimate of drug-likeness (QED) is 0.646. The van der Waals surface area contributed by atoms with Crippen molar-refractivity contribution < 1.29 is 4.48 Å². The van der Waals surface area contributed by atoms with E-state index in [-0.39, 0.29) is 0 Å². The highest BCUT2D eigenvalue weighted by Gasteiger charge is 2.49. The molecule has 17 heavy (non-hydrogen) atoms. The van der Waals surface area contributed by atoms with Gasteiger partial charge in [0, 0.05) is 12.8 Å². The van der Waals surface area contributed by atoms with E-state index in [4.69, 9.17) is 0 Å². The predicted octanol–water partition coefficient (Wildman–Crippen LogP) is 4.22. The van der Waals surface area contributed by atoms with E-state index >= 15 is 0 Å². The third kappa shape index (κ3) is 2.41. The van der Waals surface area contributed by atoms with Crippen molar-refractivity contribution in [2.45, 2.75) is 84.3 Å². The largest absolute Gasteiger partial charge is 0.319 e. The summed E-state index contributed by atoms with van der Waals surface area (Å²) in [6.07, 6.45) is 8.93. The molecule has 1 nitrogen and oxygen atoms in total. The number of hydrogen-bond donors (Lipinski definition) is 0. The molecule has 0 spiro atoms. The van der Waals surface area contributed by atoms with Gasteiger partial charge in [0.15, 0.2) is 0 Å². The van der Waals surface area contributed by atoms with Gasteiger partial charge in [-0.1, -0.05) is 13.8 Å². The molecule has 2 aliphatic rings. The first-order valence-electron chi connectivity index (χ1n) is 7.80. The minimum Gasteiger partial charge on any atom is -0.319 e. The second kappa shape index (κ2) is 4.91. The molecule has 0 N–H and O–H groups in total. The molecular formula is C16H32N+. The van der Waals surface area contributed by atoms with E-state index in [9.17, 15) is 0 Å². The number of nitrogens with zero attached hydrogens (tertiary/aromatic N) is 1. The lowest BCUT2D eigenvalue weighted by molar-refractivity contribution is -0.986. The molecule has 0 aromatic carbocycles. The Balaban J connectivity index is 2.11. The molecule has 0 aromatic heterocycles. The number of fused-ring (bicyclic) bond motifs is 2. The number of rotatable bonds is 3. The van der Waals surface area contributed by atoms with Crippen LogP contribution in [-0.4, -0.2) is 29.7 Å². The van der Waals surface area contributed by atoms with Gasteiger partial charge in [-0.05, 0) is 51.4 Å². The first-order chi connectivity index (χ1) is 7.94. The fraction of sp³-hybridized carbons (Fsp3) is 1.00. The van der Waals surface area contributed by atoms with E-state index in [0.717, 1.165) is 30.0 Å². The fourth-order valence-corrected chi connectivity index (χ4v) is 4.70. The highest BCUT2D eigenvalue weighted by molar-refractivity contribution is 4.84. The Morgan fingerprint density at radius 3 is 1.94 bits per heavy atom. The molecule has 0 saturated carbocycles. The van der Waals surface area contributed by atoms with Crippen molar-refractivity contribution in [3.05, 3.63) is 0 Å². The minimum atomic E-state index is 0.810. The van der Waals surface area contributed by atoms with Gasteiger partial charge in [-0.2, -0.15) is 0 Å². The smallest absolute Gasteiger partial charge is 0.0895 e. The molecule has 0 aromatic rings. The lowest BCUT2D eigenvalue weighted by atomic mass is 9.73. The van der Waals surface area contributed by atoms with Crippen LogP contribution in [0.1, 0.15) is 66.2 Å². The summed E-state index contributed by atoms with van der Waals surface area (Å²) in [5.41, 5.74) is 0. The van der Waals surface area contributed by atoms with Crippen LogP contribution in [0.2, 0.25) is 0 Å². The Hall–Kier alpha value is -0.0400. The monoisotopic (exact) mass is 238 g/mol. The molecule has 2 rings (SSSR count). The predicted molar refractivity (Wildman–Crippen MR) is 74.9 cm³/mol. The first kappa shape index (κ1) is 13.4.